The first-order valence-electron chi connectivity index (χ1n) is 7.23. The fraction of sp³-hybridized carbons (Fsp3) is 0.400. The van der Waals surface area contributed by atoms with Crippen molar-refractivity contribution in [3.8, 4) is 0 Å². The summed E-state index contributed by atoms with van der Waals surface area (Å²) >= 11 is 1.64. The molecule has 2 aromatic rings. The highest BCUT2D eigenvalue weighted by atomic mass is 32.1. The zero-order valence-corrected chi connectivity index (χ0v) is 13.6. The van der Waals surface area contributed by atoms with Gasteiger partial charge < -0.3 is 14.7 Å². The number of carbonyl (C=O) groups is 1. The van der Waals surface area contributed by atoms with Gasteiger partial charge in [0, 0.05) is 58.0 Å². The molecule has 3 heterocycles. The Morgan fingerprint density at radius 3 is 2.59 bits per heavy atom. The number of nitrogens with zero attached hydrogens (tertiary/aromatic N) is 5. The van der Waals surface area contributed by atoms with Gasteiger partial charge in [0.1, 0.15) is 5.82 Å². The number of piperazine rings is 1. The molecule has 0 unspecified atom stereocenters. The van der Waals surface area contributed by atoms with Crippen LogP contribution in [0, 0.1) is 0 Å². The summed E-state index contributed by atoms with van der Waals surface area (Å²) in [4.78, 5) is 27.4. The molecular weight excluding hydrogens is 298 g/mol. The number of hydrogen-bond acceptors (Lipinski definition) is 6. The lowest BCUT2D eigenvalue weighted by Gasteiger charge is -2.35. The lowest BCUT2D eigenvalue weighted by atomic mass is 10.2. The van der Waals surface area contributed by atoms with E-state index >= 15 is 0 Å². The van der Waals surface area contributed by atoms with Gasteiger partial charge in [0.25, 0.3) is 5.91 Å². The van der Waals surface area contributed by atoms with Crippen LogP contribution < -0.4 is 9.80 Å². The van der Waals surface area contributed by atoms with E-state index < -0.39 is 0 Å². The number of amides is 1. The van der Waals surface area contributed by atoms with Crippen LogP contribution >= 0.6 is 11.3 Å². The van der Waals surface area contributed by atoms with Gasteiger partial charge in [-0.3, -0.25) is 4.79 Å². The van der Waals surface area contributed by atoms with Gasteiger partial charge in [0.15, 0.2) is 5.13 Å². The van der Waals surface area contributed by atoms with Crippen LogP contribution in [0.4, 0.5) is 10.9 Å². The lowest BCUT2D eigenvalue weighted by Crippen LogP contribution is -2.49. The van der Waals surface area contributed by atoms with E-state index in [1.165, 1.54) is 0 Å². The van der Waals surface area contributed by atoms with Crippen LogP contribution in [0.1, 0.15) is 10.4 Å². The number of pyridine rings is 1. The Balaban J connectivity index is 1.70. The minimum Gasteiger partial charge on any atom is -0.362 e. The number of rotatable bonds is 3. The van der Waals surface area contributed by atoms with E-state index in [1.807, 2.05) is 47.6 Å². The third-order valence-electron chi connectivity index (χ3n) is 3.70. The molecule has 6 nitrogen and oxygen atoms in total. The van der Waals surface area contributed by atoms with E-state index in [9.17, 15) is 4.79 Å². The predicted octanol–water partition coefficient (Wildman–Crippen LogP) is 1.57. The van der Waals surface area contributed by atoms with Gasteiger partial charge in [0.05, 0.1) is 5.56 Å². The smallest absolute Gasteiger partial charge is 0.257 e. The maximum absolute atomic E-state index is 12.7. The summed E-state index contributed by atoms with van der Waals surface area (Å²) in [6, 6.07) is 3.66. The van der Waals surface area contributed by atoms with Gasteiger partial charge in [0.2, 0.25) is 0 Å². The Kier molecular flexibility index (Phi) is 4.24. The summed E-state index contributed by atoms with van der Waals surface area (Å²) in [5, 5.41) is 3.01. The minimum absolute atomic E-state index is 0.0515. The molecule has 2 aromatic heterocycles. The van der Waals surface area contributed by atoms with Gasteiger partial charge in [-0.1, -0.05) is 0 Å². The van der Waals surface area contributed by atoms with Crippen LogP contribution in [-0.2, 0) is 0 Å². The normalized spacial score (nSPS) is 15.0. The minimum atomic E-state index is 0.0515. The topological polar surface area (TPSA) is 52.6 Å². The molecule has 1 amide bonds. The maximum atomic E-state index is 12.7. The molecule has 1 aliphatic rings. The standard InChI is InChI=1S/C15H19N5OS/c1-18(2)13-12(4-3-5-16-13)14(21)19-7-9-20(10-8-19)15-17-6-11-22-15/h3-6,11H,7-10H2,1-2H3. The molecule has 1 fully saturated rings. The molecule has 7 heteroatoms. The second-order valence-corrected chi connectivity index (χ2v) is 6.24. The SMILES string of the molecule is CN(C)c1ncccc1C(=O)N1CCN(c2nccs2)CC1. The van der Waals surface area contributed by atoms with Crippen LogP contribution in [0.25, 0.3) is 0 Å². The highest BCUT2D eigenvalue weighted by molar-refractivity contribution is 7.13. The summed E-state index contributed by atoms with van der Waals surface area (Å²) in [6.45, 7) is 3.05. The first-order valence-corrected chi connectivity index (χ1v) is 8.11. The molecule has 116 valence electrons. The summed E-state index contributed by atoms with van der Waals surface area (Å²) in [6.07, 6.45) is 3.53. The van der Waals surface area contributed by atoms with E-state index in [-0.39, 0.29) is 5.91 Å². The van der Waals surface area contributed by atoms with Crippen LogP contribution in [0.3, 0.4) is 0 Å². The molecule has 0 spiro atoms. The van der Waals surface area contributed by atoms with Crippen molar-refractivity contribution in [2.45, 2.75) is 0 Å². The highest BCUT2D eigenvalue weighted by Crippen LogP contribution is 2.21. The molecule has 0 aliphatic carbocycles. The van der Waals surface area contributed by atoms with Crippen molar-refractivity contribution in [3.05, 3.63) is 35.5 Å². The Labute approximate surface area is 134 Å². The number of hydrogen-bond donors (Lipinski definition) is 0. The van der Waals surface area contributed by atoms with Crippen LogP contribution in [0.15, 0.2) is 29.9 Å². The molecule has 0 N–H and O–H groups in total. The molecule has 3 rings (SSSR count). The van der Waals surface area contributed by atoms with Crippen molar-refractivity contribution in [3.63, 3.8) is 0 Å². The van der Waals surface area contributed by atoms with Crippen molar-refractivity contribution < 1.29 is 4.79 Å². The van der Waals surface area contributed by atoms with Gasteiger partial charge in [-0.05, 0) is 12.1 Å². The summed E-state index contributed by atoms with van der Waals surface area (Å²) in [7, 11) is 3.80. The summed E-state index contributed by atoms with van der Waals surface area (Å²) in [5.41, 5.74) is 0.662. The van der Waals surface area contributed by atoms with Gasteiger partial charge in [-0.25, -0.2) is 9.97 Å². The average molecular weight is 317 g/mol. The van der Waals surface area contributed by atoms with Crippen molar-refractivity contribution in [2.24, 2.45) is 0 Å². The fourth-order valence-corrected chi connectivity index (χ4v) is 3.26. The molecule has 0 aromatic carbocycles. The van der Waals surface area contributed by atoms with E-state index in [1.54, 1.807) is 17.5 Å². The second-order valence-electron chi connectivity index (χ2n) is 5.36. The third kappa shape index (κ3) is 2.89. The van der Waals surface area contributed by atoms with Gasteiger partial charge in [-0.2, -0.15) is 0 Å². The van der Waals surface area contributed by atoms with Crippen LogP contribution in [-0.4, -0.2) is 61.0 Å². The Morgan fingerprint density at radius 1 is 1.18 bits per heavy atom. The molecule has 0 atom stereocenters. The van der Waals surface area contributed by atoms with Crippen LogP contribution in [0.2, 0.25) is 0 Å². The van der Waals surface area contributed by atoms with E-state index in [0.717, 1.165) is 24.0 Å². The molecule has 1 saturated heterocycles. The zero-order valence-electron chi connectivity index (χ0n) is 12.8. The maximum Gasteiger partial charge on any atom is 0.257 e. The molecule has 0 radical (unpaired) electrons. The van der Waals surface area contributed by atoms with Crippen molar-refractivity contribution in [1.82, 2.24) is 14.9 Å². The van der Waals surface area contributed by atoms with E-state index in [4.69, 9.17) is 0 Å². The number of thiazole rings is 1. The lowest BCUT2D eigenvalue weighted by molar-refractivity contribution is 0.0747. The molecule has 22 heavy (non-hydrogen) atoms. The van der Waals surface area contributed by atoms with Crippen molar-refractivity contribution in [1.29, 1.82) is 0 Å². The Hall–Kier alpha value is -2.15. The second kappa shape index (κ2) is 6.31. The molecule has 1 aliphatic heterocycles. The van der Waals surface area contributed by atoms with E-state index in [0.29, 0.717) is 18.7 Å². The number of aromatic nitrogens is 2. The van der Waals surface area contributed by atoms with Gasteiger partial charge >= 0.3 is 0 Å². The third-order valence-corrected chi connectivity index (χ3v) is 4.53. The first-order chi connectivity index (χ1) is 10.7. The fourth-order valence-electron chi connectivity index (χ4n) is 2.56. The zero-order chi connectivity index (χ0) is 15.5. The summed E-state index contributed by atoms with van der Waals surface area (Å²) in [5.74, 6) is 0.769. The van der Waals surface area contributed by atoms with E-state index in [2.05, 4.69) is 14.9 Å². The number of carbonyl (C=O) groups excluding carboxylic acids is 1. The quantitative estimate of drug-likeness (QED) is 0.860. The largest absolute Gasteiger partial charge is 0.362 e. The van der Waals surface area contributed by atoms with Crippen LogP contribution in [0.5, 0.6) is 0 Å². The van der Waals surface area contributed by atoms with Crippen molar-refractivity contribution >= 4 is 28.2 Å². The molecule has 0 saturated carbocycles. The highest BCUT2D eigenvalue weighted by Gasteiger charge is 2.25. The monoisotopic (exact) mass is 317 g/mol. The molecule has 0 bridgehead atoms. The number of anilines is 2. The average Bonchev–Trinajstić information content (AvgIpc) is 3.09. The van der Waals surface area contributed by atoms with Crippen molar-refractivity contribution in [2.75, 3.05) is 50.1 Å². The predicted molar refractivity (Wildman–Crippen MR) is 88.8 cm³/mol. The van der Waals surface area contributed by atoms with Gasteiger partial charge in [-0.15, -0.1) is 11.3 Å². The Bertz CT molecular complexity index is 635. The Morgan fingerprint density at radius 2 is 1.95 bits per heavy atom. The first kappa shape index (κ1) is 14.8. The summed E-state index contributed by atoms with van der Waals surface area (Å²) < 4.78 is 0. The molecular formula is C15H19N5OS.